The van der Waals surface area contributed by atoms with Crippen LogP contribution in [0.3, 0.4) is 0 Å². The number of aromatic nitrogens is 2. The maximum atomic E-state index is 12.0. The van der Waals surface area contributed by atoms with Gasteiger partial charge in [-0.1, -0.05) is 6.92 Å². The highest BCUT2D eigenvalue weighted by molar-refractivity contribution is 7.20. The third kappa shape index (κ3) is 2.55. The van der Waals surface area contributed by atoms with E-state index >= 15 is 0 Å². The Balaban J connectivity index is 2.27. The SMILES string of the molecule is Cc1c(C(=O)NCC(C)C(=O)O)sc2nc[nH]c(=O)c12. The van der Waals surface area contributed by atoms with Crippen molar-refractivity contribution >= 4 is 33.4 Å². The quantitative estimate of drug-likeness (QED) is 0.770. The second kappa shape index (κ2) is 5.41. The molecule has 2 aromatic heterocycles. The first-order valence-corrected chi connectivity index (χ1v) is 6.71. The number of carbonyl (C=O) groups is 2. The lowest BCUT2D eigenvalue weighted by molar-refractivity contribution is -0.140. The van der Waals surface area contributed by atoms with Gasteiger partial charge in [0.15, 0.2) is 0 Å². The lowest BCUT2D eigenvalue weighted by Gasteiger charge is -2.07. The number of H-pyrrole nitrogens is 1. The third-order valence-electron chi connectivity index (χ3n) is 2.93. The fourth-order valence-corrected chi connectivity index (χ4v) is 2.77. The van der Waals surface area contributed by atoms with Crippen molar-refractivity contribution in [2.75, 3.05) is 6.54 Å². The van der Waals surface area contributed by atoms with Gasteiger partial charge in [-0.05, 0) is 12.5 Å². The van der Waals surface area contributed by atoms with Crippen molar-refractivity contribution in [2.24, 2.45) is 5.92 Å². The minimum absolute atomic E-state index is 0.0334. The number of thiophene rings is 1. The van der Waals surface area contributed by atoms with E-state index in [9.17, 15) is 14.4 Å². The van der Waals surface area contributed by atoms with Crippen molar-refractivity contribution in [3.8, 4) is 0 Å². The number of rotatable bonds is 4. The number of hydrogen-bond donors (Lipinski definition) is 3. The molecule has 3 N–H and O–H groups in total. The fourth-order valence-electron chi connectivity index (χ4n) is 1.71. The van der Waals surface area contributed by atoms with E-state index in [0.29, 0.717) is 20.7 Å². The fraction of sp³-hybridized carbons (Fsp3) is 0.333. The molecule has 1 amide bonds. The first-order chi connectivity index (χ1) is 9.41. The van der Waals surface area contributed by atoms with Crippen molar-refractivity contribution in [1.82, 2.24) is 15.3 Å². The Kier molecular flexibility index (Phi) is 3.84. The first kappa shape index (κ1) is 14.2. The van der Waals surface area contributed by atoms with Gasteiger partial charge in [-0.25, -0.2) is 4.98 Å². The molecule has 0 aliphatic rings. The Labute approximate surface area is 117 Å². The number of carboxylic acid groups (broad SMARTS) is 1. The number of hydrogen-bond acceptors (Lipinski definition) is 5. The molecule has 20 heavy (non-hydrogen) atoms. The molecule has 2 aromatic rings. The Morgan fingerprint density at radius 1 is 1.55 bits per heavy atom. The van der Waals surface area contributed by atoms with Gasteiger partial charge in [-0.15, -0.1) is 11.3 Å². The van der Waals surface area contributed by atoms with E-state index in [0.717, 1.165) is 11.3 Å². The minimum Gasteiger partial charge on any atom is -0.481 e. The molecule has 8 heteroatoms. The Morgan fingerprint density at radius 3 is 2.85 bits per heavy atom. The number of nitrogens with one attached hydrogen (secondary N) is 2. The van der Waals surface area contributed by atoms with Gasteiger partial charge in [0.2, 0.25) is 0 Å². The van der Waals surface area contributed by atoms with E-state index in [2.05, 4.69) is 15.3 Å². The van der Waals surface area contributed by atoms with Gasteiger partial charge in [-0.3, -0.25) is 14.4 Å². The summed E-state index contributed by atoms with van der Waals surface area (Å²) < 4.78 is 0. The summed E-state index contributed by atoms with van der Waals surface area (Å²) >= 11 is 1.12. The van der Waals surface area contributed by atoms with Gasteiger partial charge >= 0.3 is 5.97 Å². The van der Waals surface area contributed by atoms with Crippen molar-refractivity contribution in [3.63, 3.8) is 0 Å². The molecule has 1 atom stereocenters. The predicted molar refractivity (Wildman–Crippen MR) is 74.1 cm³/mol. The number of carbonyl (C=O) groups excluding carboxylic acids is 1. The Hall–Kier alpha value is -2.22. The first-order valence-electron chi connectivity index (χ1n) is 5.89. The number of aliphatic carboxylic acids is 1. The maximum absolute atomic E-state index is 12.0. The average molecular weight is 295 g/mol. The summed E-state index contributed by atoms with van der Waals surface area (Å²) in [4.78, 5) is 41.8. The second-order valence-electron chi connectivity index (χ2n) is 4.42. The molecule has 0 aromatic carbocycles. The van der Waals surface area contributed by atoms with Crippen LogP contribution in [0.15, 0.2) is 11.1 Å². The summed E-state index contributed by atoms with van der Waals surface area (Å²) in [6.07, 6.45) is 1.29. The van der Waals surface area contributed by atoms with E-state index in [1.54, 1.807) is 6.92 Å². The average Bonchev–Trinajstić information content (AvgIpc) is 2.74. The van der Waals surface area contributed by atoms with Crippen LogP contribution in [0, 0.1) is 12.8 Å². The molecule has 0 aliphatic heterocycles. The molecule has 0 radical (unpaired) electrons. The number of carboxylic acids is 1. The lowest BCUT2D eigenvalue weighted by atomic mass is 10.1. The smallest absolute Gasteiger partial charge is 0.308 e. The molecular formula is C12H13N3O4S. The highest BCUT2D eigenvalue weighted by Crippen LogP contribution is 2.26. The van der Waals surface area contributed by atoms with E-state index in [4.69, 9.17) is 5.11 Å². The van der Waals surface area contributed by atoms with Crippen LogP contribution in [0.25, 0.3) is 10.2 Å². The molecule has 106 valence electrons. The zero-order valence-electron chi connectivity index (χ0n) is 10.9. The standard InChI is InChI=1S/C12H13N3O4S/c1-5(12(18)19)3-13-10(17)8-6(2)7-9(16)14-4-15-11(7)20-8/h4-5H,3H2,1-2H3,(H,13,17)(H,18,19)(H,14,15,16). The normalized spacial score (nSPS) is 12.3. The minimum atomic E-state index is -0.975. The molecule has 0 fully saturated rings. The number of aromatic amines is 1. The van der Waals surface area contributed by atoms with Crippen LogP contribution >= 0.6 is 11.3 Å². The van der Waals surface area contributed by atoms with Gasteiger partial charge in [-0.2, -0.15) is 0 Å². The van der Waals surface area contributed by atoms with Gasteiger partial charge in [0, 0.05) is 6.54 Å². The van der Waals surface area contributed by atoms with Gasteiger partial charge in [0.1, 0.15) is 4.83 Å². The third-order valence-corrected chi connectivity index (χ3v) is 4.13. The van der Waals surface area contributed by atoms with Gasteiger partial charge < -0.3 is 15.4 Å². The number of aryl methyl sites for hydroxylation is 1. The molecule has 7 nitrogen and oxygen atoms in total. The molecule has 2 heterocycles. The number of nitrogens with zero attached hydrogens (tertiary/aromatic N) is 1. The van der Waals surface area contributed by atoms with Crippen LogP contribution in [0.5, 0.6) is 0 Å². The van der Waals surface area contributed by atoms with Crippen molar-refractivity contribution < 1.29 is 14.7 Å². The zero-order valence-corrected chi connectivity index (χ0v) is 11.7. The number of fused-ring (bicyclic) bond motifs is 1. The summed E-state index contributed by atoms with van der Waals surface area (Å²) in [5.41, 5.74) is 0.265. The van der Waals surface area contributed by atoms with Crippen molar-refractivity contribution in [1.29, 1.82) is 0 Å². The summed E-state index contributed by atoms with van der Waals surface area (Å²) in [7, 11) is 0. The van der Waals surface area contributed by atoms with Crippen LogP contribution < -0.4 is 10.9 Å². The maximum Gasteiger partial charge on any atom is 0.308 e. The van der Waals surface area contributed by atoms with Crippen LogP contribution in [-0.4, -0.2) is 33.5 Å². The Morgan fingerprint density at radius 2 is 2.25 bits per heavy atom. The predicted octanol–water partition coefficient (Wildman–Crippen LogP) is 0.744. The van der Waals surface area contributed by atoms with E-state index in [1.165, 1.54) is 13.3 Å². The highest BCUT2D eigenvalue weighted by atomic mass is 32.1. The summed E-state index contributed by atoms with van der Waals surface area (Å²) in [6, 6.07) is 0. The molecule has 1 unspecified atom stereocenters. The summed E-state index contributed by atoms with van der Waals surface area (Å²) in [5, 5.41) is 11.7. The number of amides is 1. The van der Waals surface area contributed by atoms with Crippen molar-refractivity contribution in [3.05, 3.63) is 27.1 Å². The van der Waals surface area contributed by atoms with Crippen LogP contribution in [0.4, 0.5) is 0 Å². The van der Waals surface area contributed by atoms with E-state index in [1.807, 2.05) is 0 Å². The van der Waals surface area contributed by atoms with Crippen LogP contribution in [0.1, 0.15) is 22.2 Å². The molecular weight excluding hydrogens is 282 g/mol. The highest BCUT2D eigenvalue weighted by Gasteiger charge is 2.19. The summed E-state index contributed by atoms with van der Waals surface area (Å²) in [5.74, 6) is -2.04. The zero-order chi connectivity index (χ0) is 14.9. The topological polar surface area (TPSA) is 112 Å². The molecule has 0 saturated heterocycles. The molecule has 0 saturated carbocycles. The van der Waals surface area contributed by atoms with Crippen LogP contribution in [-0.2, 0) is 4.79 Å². The molecule has 0 bridgehead atoms. The molecule has 0 spiro atoms. The van der Waals surface area contributed by atoms with Gasteiger partial charge in [0.25, 0.3) is 11.5 Å². The Bertz CT molecular complexity index is 734. The second-order valence-corrected chi connectivity index (χ2v) is 5.42. The molecule has 2 rings (SSSR count). The monoisotopic (exact) mass is 295 g/mol. The van der Waals surface area contributed by atoms with Gasteiger partial charge in [0.05, 0.1) is 22.5 Å². The summed E-state index contributed by atoms with van der Waals surface area (Å²) in [6.45, 7) is 3.21. The van der Waals surface area contributed by atoms with E-state index in [-0.39, 0.29) is 12.1 Å². The van der Waals surface area contributed by atoms with E-state index < -0.39 is 17.8 Å². The van der Waals surface area contributed by atoms with Crippen LogP contribution in [0.2, 0.25) is 0 Å². The lowest BCUT2D eigenvalue weighted by Crippen LogP contribution is -2.31. The largest absolute Gasteiger partial charge is 0.481 e. The van der Waals surface area contributed by atoms with Crippen molar-refractivity contribution in [2.45, 2.75) is 13.8 Å². The molecule has 0 aliphatic carbocycles.